The van der Waals surface area contributed by atoms with Gasteiger partial charge in [0.25, 0.3) is 0 Å². The largest absolute Gasteiger partial charge is 0.479 e. The summed E-state index contributed by atoms with van der Waals surface area (Å²) in [6.07, 6.45) is -25.4. The van der Waals surface area contributed by atoms with Gasteiger partial charge in [-0.15, -0.1) is 0 Å². The number of carbonyl (C=O) groups excluding carboxylic acids is 4. The molecule has 15 N–H and O–H groups in total. The maximum Gasteiger partial charge on any atom is 0.332 e. The molecular formula is C65H107N3O30. The number of hydrogen-bond acceptors (Lipinski definition) is 28. The van der Waals surface area contributed by atoms with Gasteiger partial charge in [-0.05, 0) is 77.0 Å². The predicted octanol–water partition coefficient (Wildman–Crippen LogP) is -2.57. The normalized spacial score (nSPS) is 39.8. The second-order valence-electron chi connectivity index (χ2n) is 27.8. The molecule has 0 aromatic carbocycles. The molecule has 4 heterocycles. The van der Waals surface area contributed by atoms with E-state index in [4.69, 9.17) is 56.8 Å². The zero-order valence-electron chi connectivity index (χ0n) is 56.2. The quantitative estimate of drug-likeness (QED) is 0.0308. The number of aliphatic hydroxyl groups excluding tert-OH is 10. The van der Waals surface area contributed by atoms with Gasteiger partial charge in [0.2, 0.25) is 17.7 Å². The van der Waals surface area contributed by atoms with Crippen molar-refractivity contribution >= 4 is 35.4 Å². The van der Waals surface area contributed by atoms with Gasteiger partial charge < -0.3 is 134 Å². The molecule has 562 valence electrons. The number of carbonyl (C=O) groups is 6. The third-order valence-corrected chi connectivity index (χ3v) is 20.4. The number of carboxylic acids is 2. The van der Waals surface area contributed by atoms with Crippen molar-refractivity contribution in [3.05, 3.63) is 0 Å². The van der Waals surface area contributed by atoms with Crippen molar-refractivity contribution in [2.75, 3.05) is 39.6 Å². The predicted molar refractivity (Wildman–Crippen MR) is 332 cm³/mol. The van der Waals surface area contributed by atoms with E-state index in [0.29, 0.717) is 25.7 Å². The van der Waals surface area contributed by atoms with Gasteiger partial charge in [0.05, 0.1) is 69.0 Å². The van der Waals surface area contributed by atoms with Crippen molar-refractivity contribution in [2.45, 2.75) is 315 Å². The van der Waals surface area contributed by atoms with E-state index in [-0.39, 0.29) is 50.7 Å². The Morgan fingerprint density at radius 2 is 0.878 bits per heavy atom. The second kappa shape index (κ2) is 38.1. The van der Waals surface area contributed by atoms with Crippen molar-refractivity contribution < 1.29 is 147 Å². The van der Waals surface area contributed by atoms with Gasteiger partial charge in [0, 0.05) is 26.2 Å². The highest BCUT2D eigenvalue weighted by Gasteiger charge is 2.55. The van der Waals surface area contributed by atoms with E-state index in [1.165, 1.54) is 27.7 Å². The van der Waals surface area contributed by atoms with Crippen molar-refractivity contribution in [2.24, 2.45) is 17.8 Å². The molecular weight excluding hydrogens is 1300 g/mol. The first-order valence-electron chi connectivity index (χ1n) is 34.9. The van der Waals surface area contributed by atoms with Crippen LogP contribution in [-0.2, 0) is 85.6 Å². The molecule has 0 unspecified atom stereocenters. The van der Waals surface area contributed by atoms with E-state index >= 15 is 0 Å². The lowest BCUT2D eigenvalue weighted by Gasteiger charge is -2.48. The van der Waals surface area contributed by atoms with Crippen LogP contribution in [0, 0.1) is 17.8 Å². The van der Waals surface area contributed by atoms with Crippen molar-refractivity contribution in [3.63, 3.8) is 0 Å². The second-order valence-corrected chi connectivity index (χ2v) is 27.8. The fourth-order valence-electron chi connectivity index (χ4n) is 15.1. The summed E-state index contributed by atoms with van der Waals surface area (Å²) < 4.78 is 73.9. The third kappa shape index (κ3) is 21.4. The molecule has 3 amide bonds. The standard InChI is InChI=1S/C65H107N3O30/c1-30-48(75)52(79)54(81)64(89-30)97-57-38(66-32(3)71)17-11-19-40(57)93-62-37(56(50(77)44(26-69)95-62)91-42(60(83)84)23-34-13-7-5-8-14-34)25-36(73)28-87-21-22-88-29-46(74)68-47-59(92-43(61(85)86)24-35-15-9-6-10-16-35)51(78)45(27-70)96-63(47)94-41-20-12-18-39(67-33(4)72)58(41)98-65-55(82)53(80)49(76)31(2)90-65/h30-31,34-35,37-45,47-59,62-65,69-70,75-82H,5-29H2,1-4H3,(H,66,71)(H,67,72)(H,68,74)(H,83,84)(H,85,86)/t30-,31-,37+,38-,39-,40+,41+,42-,43-,44+,45+,47+,48+,49+,50-,51-,52+,53+,54-,55-,56+,57+,58+,59+,62+,63+,64-,65-/m0/s1. The molecule has 0 spiro atoms. The minimum Gasteiger partial charge on any atom is -0.479 e. The van der Waals surface area contributed by atoms with E-state index in [2.05, 4.69) is 16.0 Å². The summed E-state index contributed by atoms with van der Waals surface area (Å²) in [7, 11) is 0. The number of nitrogens with one attached hydrogen (secondary N) is 3. The molecule has 4 saturated heterocycles. The number of aliphatic hydroxyl groups is 10. The number of hydrogen-bond donors (Lipinski definition) is 15. The van der Waals surface area contributed by atoms with Crippen LogP contribution < -0.4 is 16.0 Å². The number of aliphatic carboxylic acids is 2. The lowest BCUT2D eigenvalue weighted by molar-refractivity contribution is -0.340. The van der Waals surface area contributed by atoms with Crippen LogP contribution in [0.3, 0.4) is 0 Å². The highest BCUT2D eigenvalue weighted by molar-refractivity contribution is 5.80. The molecule has 33 nitrogen and oxygen atoms in total. The lowest BCUT2D eigenvalue weighted by Crippen LogP contribution is -2.68. The Hall–Kier alpha value is -3.86. The fraction of sp³-hybridized carbons (Fsp3) is 0.908. The lowest BCUT2D eigenvalue weighted by atomic mass is 9.84. The van der Waals surface area contributed by atoms with Gasteiger partial charge in [-0.2, -0.15) is 0 Å². The molecule has 8 fully saturated rings. The first kappa shape index (κ1) is 79.8. The molecule has 28 atom stereocenters. The van der Waals surface area contributed by atoms with Crippen molar-refractivity contribution in [3.8, 4) is 0 Å². The summed E-state index contributed by atoms with van der Waals surface area (Å²) in [6, 6.07) is -3.17. The summed E-state index contributed by atoms with van der Waals surface area (Å²) in [5, 5.41) is 139. The van der Waals surface area contributed by atoms with Gasteiger partial charge in [0.1, 0.15) is 98.6 Å². The molecule has 0 radical (unpaired) electrons. The van der Waals surface area contributed by atoms with Crippen LogP contribution in [0.25, 0.3) is 0 Å². The van der Waals surface area contributed by atoms with Crippen LogP contribution in [0.1, 0.15) is 150 Å². The van der Waals surface area contributed by atoms with E-state index in [9.17, 15) is 90.0 Å². The Morgan fingerprint density at radius 3 is 1.33 bits per heavy atom. The molecule has 8 rings (SSSR count). The van der Waals surface area contributed by atoms with Crippen LogP contribution >= 0.6 is 0 Å². The number of amides is 3. The maximum atomic E-state index is 14.2. The molecule has 8 aliphatic rings. The van der Waals surface area contributed by atoms with Crippen LogP contribution in [-0.4, -0.2) is 302 Å². The monoisotopic (exact) mass is 1410 g/mol. The Morgan fingerprint density at radius 1 is 0.449 bits per heavy atom. The Kier molecular flexibility index (Phi) is 31.0. The van der Waals surface area contributed by atoms with Gasteiger partial charge in [-0.1, -0.05) is 64.2 Å². The summed E-state index contributed by atoms with van der Waals surface area (Å²) in [4.78, 5) is 79.5. The van der Waals surface area contributed by atoms with Gasteiger partial charge >= 0.3 is 11.9 Å². The molecule has 0 aromatic heterocycles. The highest BCUT2D eigenvalue weighted by Crippen LogP contribution is 2.40. The topological polar surface area (TPSA) is 492 Å². The number of Topliss-reactive ketones (excluding diaryl/α,β-unsaturated/α-hetero) is 1. The molecule has 0 aromatic rings. The zero-order chi connectivity index (χ0) is 71.1. The molecule has 4 aliphatic carbocycles. The van der Waals surface area contributed by atoms with Crippen LogP contribution in [0.4, 0.5) is 0 Å². The number of carboxylic acid groups (broad SMARTS) is 2. The summed E-state index contributed by atoms with van der Waals surface area (Å²) in [6.45, 7) is 1.82. The Bertz CT molecular complexity index is 2350. The Labute approximate surface area is 569 Å². The molecule has 33 heteroatoms. The zero-order valence-corrected chi connectivity index (χ0v) is 56.2. The van der Waals surface area contributed by atoms with Gasteiger partial charge in [-0.25, -0.2) is 9.59 Å². The Balaban J connectivity index is 0.974. The van der Waals surface area contributed by atoms with Crippen molar-refractivity contribution in [1.29, 1.82) is 0 Å². The average molecular weight is 1410 g/mol. The maximum absolute atomic E-state index is 14.2. The number of ether oxygens (including phenoxy) is 12. The smallest absolute Gasteiger partial charge is 0.332 e. The molecule has 98 heavy (non-hydrogen) atoms. The van der Waals surface area contributed by atoms with E-state index in [1.54, 1.807) is 0 Å². The van der Waals surface area contributed by atoms with Crippen molar-refractivity contribution in [1.82, 2.24) is 16.0 Å². The highest BCUT2D eigenvalue weighted by atomic mass is 16.7. The van der Waals surface area contributed by atoms with E-state index < -0.39 is 240 Å². The van der Waals surface area contributed by atoms with Crippen LogP contribution in [0.5, 0.6) is 0 Å². The van der Waals surface area contributed by atoms with E-state index in [0.717, 1.165) is 64.2 Å². The van der Waals surface area contributed by atoms with E-state index in [1.807, 2.05) is 0 Å². The first-order valence-corrected chi connectivity index (χ1v) is 34.9. The first-order chi connectivity index (χ1) is 46.8. The molecule has 4 saturated carbocycles. The number of rotatable bonds is 32. The SMILES string of the molecule is CC(=O)N[C@H]1CCC[C@@H](O[C@@H]2O[C@H](CO)[C@H](O)[C@H](O[C@@H](CC3CCCCC3)C(=O)O)[C@H]2CC(=O)COCCOCC(=O)N[C@H]2[C@H](O[C@@H]3CCC[C@H](NC(C)=O)[C@H]3O[C@@H]3O[C@@H](C)[C@@H](O)[C@@H](O)[C@@H]3O)O[C@H](CO)[C@H](O)[C@@H]2O[C@@H](CC2CCCCC2)C(=O)O)[C@@H]1O[C@@H]1O[C@@H](C)[C@@H](O)[C@@H](O)[C@@H]1O. The van der Waals surface area contributed by atoms with Gasteiger partial charge in [-0.3, -0.25) is 19.2 Å². The summed E-state index contributed by atoms with van der Waals surface area (Å²) >= 11 is 0. The molecule has 0 bridgehead atoms. The minimum atomic E-state index is -1.77. The minimum absolute atomic E-state index is 0.0292. The summed E-state index contributed by atoms with van der Waals surface area (Å²) in [5.74, 6) is -6.50. The number of ketones is 1. The van der Waals surface area contributed by atoms with Crippen LogP contribution in [0.15, 0.2) is 0 Å². The van der Waals surface area contributed by atoms with Gasteiger partial charge in [0.15, 0.2) is 43.2 Å². The average Bonchev–Trinajstić information content (AvgIpc) is 0.788. The fourth-order valence-corrected chi connectivity index (χ4v) is 15.1. The molecule has 4 aliphatic heterocycles. The summed E-state index contributed by atoms with van der Waals surface area (Å²) in [5.41, 5.74) is 0. The third-order valence-electron chi connectivity index (χ3n) is 20.4. The van der Waals surface area contributed by atoms with Crippen LogP contribution in [0.2, 0.25) is 0 Å².